The zero-order valence-corrected chi connectivity index (χ0v) is 11.4. The molecular formula is C14H10Cl2N2O. The van der Waals surface area contributed by atoms with E-state index in [-0.39, 0.29) is 6.03 Å². The number of benzene rings is 2. The summed E-state index contributed by atoms with van der Waals surface area (Å²) in [6, 6.07) is 12.6. The maximum Gasteiger partial charge on any atom is 0.326 e. The maximum atomic E-state index is 12.2. The second-order valence-corrected chi connectivity index (χ2v) is 5.01. The molecule has 0 radical (unpaired) electrons. The van der Waals surface area contributed by atoms with Crippen LogP contribution in [-0.2, 0) is 6.54 Å². The Morgan fingerprint density at radius 3 is 2.42 bits per heavy atom. The lowest BCUT2D eigenvalue weighted by Gasteiger charge is -2.31. The van der Waals surface area contributed by atoms with Gasteiger partial charge in [-0.2, -0.15) is 0 Å². The Morgan fingerprint density at radius 1 is 1.00 bits per heavy atom. The van der Waals surface area contributed by atoms with E-state index in [9.17, 15) is 4.79 Å². The van der Waals surface area contributed by atoms with Gasteiger partial charge in [-0.25, -0.2) is 4.79 Å². The predicted octanol–water partition coefficient (Wildman–Crippen LogP) is 4.35. The molecule has 0 bridgehead atoms. The van der Waals surface area contributed by atoms with Crippen molar-refractivity contribution in [2.45, 2.75) is 6.54 Å². The molecule has 0 atom stereocenters. The predicted molar refractivity (Wildman–Crippen MR) is 77.3 cm³/mol. The van der Waals surface area contributed by atoms with Crippen LogP contribution < -0.4 is 10.2 Å². The number of anilines is 2. The van der Waals surface area contributed by atoms with Gasteiger partial charge >= 0.3 is 6.03 Å². The summed E-state index contributed by atoms with van der Waals surface area (Å²) in [6.45, 7) is 0.508. The summed E-state index contributed by atoms with van der Waals surface area (Å²) in [7, 11) is 0. The van der Waals surface area contributed by atoms with Crippen molar-refractivity contribution in [1.29, 1.82) is 0 Å². The Balaban J connectivity index is 2.22. The summed E-state index contributed by atoms with van der Waals surface area (Å²) in [6.07, 6.45) is 0. The van der Waals surface area contributed by atoms with Crippen LogP contribution in [0.5, 0.6) is 0 Å². The molecule has 3 rings (SSSR count). The topological polar surface area (TPSA) is 32.3 Å². The van der Waals surface area contributed by atoms with Gasteiger partial charge in [0.15, 0.2) is 0 Å². The van der Waals surface area contributed by atoms with E-state index < -0.39 is 0 Å². The number of halogens is 2. The van der Waals surface area contributed by atoms with Gasteiger partial charge in [0.1, 0.15) is 0 Å². The number of para-hydroxylation sites is 2. The van der Waals surface area contributed by atoms with Crippen LogP contribution in [-0.4, -0.2) is 6.03 Å². The maximum absolute atomic E-state index is 12.2. The Bertz CT molecular complexity index is 637. The molecule has 0 aromatic heterocycles. The van der Waals surface area contributed by atoms with Crippen molar-refractivity contribution in [2.75, 3.05) is 4.90 Å². The van der Waals surface area contributed by atoms with Crippen LogP contribution in [0.2, 0.25) is 10.0 Å². The van der Waals surface area contributed by atoms with Crippen molar-refractivity contribution in [3.63, 3.8) is 0 Å². The first-order valence-electron chi connectivity index (χ1n) is 5.78. The van der Waals surface area contributed by atoms with Crippen molar-refractivity contribution in [3.05, 3.63) is 58.1 Å². The van der Waals surface area contributed by atoms with Crippen LogP contribution in [0.1, 0.15) is 5.56 Å². The quantitative estimate of drug-likeness (QED) is 0.832. The highest BCUT2D eigenvalue weighted by Crippen LogP contribution is 2.40. The molecule has 0 saturated carbocycles. The molecule has 1 N–H and O–H groups in total. The fraction of sp³-hybridized carbons (Fsp3) is 0.0714. The SMILES string of the molecule is O=C1NCc2ccccc2N1c1c(Cl)cccc1Cl. The average Bonchev–Trinajstić information content (AvgIpc) is 2.41. The van der Waals surface area contributed by atoms with E-state index in [1.165, 1.54) is 4.90 Å². The highest BCUT2D eigenvalue weighted by Gasteiger charge is 2.28. The van der Waals surface area contributed by atoms with E-state index in [2.05, 4.69) is 5.32 Å². The Labute approximate surface area is 120 Å². The van der Waals surface area contributed by atoms with Crippen LogP contribution >= 0.6 is 23.2 Å². The molecule has 0 fully saturated rings. The number of rotatable bonds is 1. The molecule has 2 amide bonds. The molecule has 1 aliphatic rings. The fourth-order valence-electron chi connectivity index (χ4n) is 2.16. The zero-order chi connectivity index (χ0) is 13.4. The zero-order valence-electron chi connectivity index (χ0n) is 9.86. The van der Waals surface area contributed by atoms with Crippen molar-refractivity contribution in [1.82, 2.24) is 5.32 Å². The first-order valence-corrected chi connectivity index (χ1v) is 6.54. The Kier molecular flexibility index (Phi) is 3.09. The number of hydrogen-bond donors (Lipinski definition) is 1. The normalized spacial score (nSPS) is 14.0. The van der Waals surface area contributed by atoms with Crippen molar-refractivity contribution in [2.24, 2.45) is 0 Å². The van der Waals surface area contributed by atoms with Crippen LogP contribution in [0.3, 0.4) is 0 Å². The molecule has 3 nitrogen and oxygen atoms in total. The third-order valence-corrected chi connectivity index (χ3v) is 3.64. The molecule has 2 aromatic rings. The van der Waals surface area contributed by atoms with Crippen molar-refractivity contribution in [3.8, 4) is 0 Å². The summed E-state index contributed by atoms with van der Waals surface area (Å²) in [5.41, 5.74) is 2.34. The minimum absolute atomic E-state index is 0.228. The minimum Gasteiger partial charge on any atom is -0.333 e. The van der Waals surface area contributed by atoms with Gasteiger partial charge in [-0.15, -0.1) is 0 Å². The van der Waals surface area contributed by atoms with Crippen LogP contribution in [0.4, 0.5) is 16.2 Å². The van der Waals surface area contributed by atoms with Crippen LogP contribution in [0, 0.1) is 0 Å². The number of fused-ring (bicyclic) bond motifs is 1. The molecule has 2 aromatic carbocycles. The molecule has 5 heteroatoms. The van der Waals surface area contributed by atoms with Gasteiger partial charge in [-0.1, -0.05) is 47.5 Å². The molecule has 1 aliphatic heterocycles. The van der Waals surface area contributed by atoms with Gasteiger partial charge in [-0.05, 0) is 23.8 Å². The first kappa shape index (κ1) is 12.3. The lowest BCUT2D eigenvalue weighted by Crippen LogP contribution is -2.41. The lowest BCUT2D eigenvalue weighted by molar-refractivity contribution is 0.247. The van der Waals surface area contributed by atoms with Gasteiger partial charge in [-0.3, -0.25) is 4.90 Å². The summed E-state index contributed by atoms with van der Waals surface area (Å²) in [5, 5.41) is 3.70. The first-order chi connectivity index (χ1) is 9.18. The molecule has 96 valence electrons. The monoisotopic (exact) mass is 292 g/mol. The van der Waals surface area contributed by atoms with Gasteiger partial charge in [0, 0.05) is 6.54 Å². The molecule has 0 unspecified atom stereocenters. The Hall–Kier alpha value is -1.71. The second kappa shape index (κ2) is 4.76. The number of carbonyl (C=O) groups excluding carboxylic acids is 1. The Morgan fingerprint density at radius 2 is 1.68 bits per heavy atom. The average molecular weight is 293 g/mol. The minimum atomic E-state index is -0.228. The molecule has 1 heterocycles. The summed E-state index contributed by atoms with van der Waals surface area (Å²) < 4.78 is 0. The number of carbonyl (C=O) groups is 1. The number of nitrogens with one attached hydrogen (secondary N) is 1. The number of hydrogen-bond acceptors (Lipinski definition) is 1. The number of nitrogens with zero attached hydrogens (tertiary/aromatic N) is 1. The van der Waals surface area contributed by atoms with Crippen molar-refractivity contribution < 1.29 is 4.79 Å². The van der Waals surface area contributed by atoms with E-state index in [0.717, 1.165) is 11.3 Å². The number of urea groups is 1. The lowest BCUT2D eigenvalue weighted by atomic mass is 10.1. The van der Waals surface area contributed by atoms with E-state index >= 15 is 0 Å². The van der Waals surface area contributed by atoms with Gasteiger partial charge < -0.3 is 5.32 Å². The van der Waals surface area contributed by atoms with Gasteiger partial charge in [0.2, 0.25) is 0 Å². The van der Waals surface area contributed by atoms with E-state index in [1.54, 1.807) is 18.2 Å². The molecule has 19 heavy (non-hydrogen) atoms. The smallest absolute Gasteiger partial charge is 0.326 e. The van der Waals surface area contributed by atoms with Crippen LogP contribution in [0.25, 0.3) is 0 Å². The third kappa shape index (κ3) is 2.05. The van der Waals surface area contributed by atoms with Crippen molar-refractivity contribution >= 4 is 40.6 Å². The highest BCUT2D eigenvalue weighted by molar-refractivity contribution is 6.40. The molecule has 0 aliphatic carbocycles. The van der Waals surface area contributed by atoms with Gasteiger partial charge in [0.05, 0.1) is 21.4 Å². The van der Waals surface area contributed by atoms with Gasteiger partial charge in [0.25, 0.3) is 0 Å². The molecular weight excluding hydrogens is 283 g/mol. The van der Waals surface area contributed by atoms with E-state index in [4.69, 9.17) is 23.2 Å². The standard InChI is InChI=1S/C14H10Cl2N2O/c15-10-5-3-6-11(16)13(10)18-12-7-2-1-4-9(12)8-17-14(18)19/h1-7H,8H2,(H,17,19). The second-order valence-electron chi connectivity index (χ2n) is 4.19. The largest absolute Gasteiger partial charge is 0.333 e. The third-order valence-electron chi connectivity index (χ3n) is 3.03. The summed E-state index contributed by atoms with van der Waals surface area (Å²) in [5.74, 6) is 0. The highest BCUT2D eigenvalue weighted by atomic mass is 35.5. The number of amides is 2. The van der Waals surface area contributed by atoms with E-state index in [0.29, 0.717) is 22.3 Å². The molecule has 0 saturated heterocycles. The molecule has 0 spiro atoms. The summed E-state index contributed by atoms with van der Waals surface area (Å²) in [4.78, 5) is 13.7. The fourth-order valence-corrected chi connectivity index (χ4v) is 2.73. The van der Waals surface area contributed by atoms with E-state index in [1.807, 2.05) is 24.3 Å². The van der Waals surface area contributed by atoms with Crippen LogP contribution in [0.15, 0.2) is 42.5 Å². The summed E-state index contributed by atoms with van der Waals surface area (Å²) >= 11 is 12.4.